The zero-order chi connectivity index (χ0) is 20.7. The van der Waals surface area contributed by atoms with Crippen LogP contribution in [-0.2, 0) is 11.2 Å². The minimum absolute atomic E-state index is 0.106. The Balaban J connectivity index is 2.33. The number of amides is 1. The first-order chi connectivity index (χ1) is 13.5. The molecule has 0 spiro atoms. The molecule has 2 aromatic rings. The van der Waals surface area contributed by atoms with Crippen molar-refractivity contribution in [3.05, 3.63) is 35.9 Å². The molecule has 0 aliphatic carbocycles. The Morgan fingerprint density at radius 3 is 1.93 bits per heavy atom. The van der Waals surface area contributed by atoms with Gasteiger partial charge < -0.3 is 28.6 Å². The lowest BCUT2D eigenvalue weighted by molar-refractivity contribution is -0.116. The summed E-state index contributed by atoms with van der Waals surface area (Å²) in [5, 5.41) is 0. The topological polar surface area (TPSA) is 66.5 Å². The van der Waals surface area contributed by atoms with Crippen LogP contribution < -0.4 is 28.6 Å². The van der Waals surface area contributed by atoms with Gasteiger partial charge in [0, 0.05) is 13.5 Å². The van der Waals surface area contributed by atoms with Crippen molar-refractivity contribution in [2.45, 2.75) is 13.3 Å². The smallest absolute Gasteiger partial charge is 0.223 e. The maximum absolute atomic E-state index is 12.4. The average Bonchev–Trinajstić information content (AvgIpc) is 2.72. The minimum atomic E-state index is -0.106. The molecular weight excluding hydrogens is 362 g/mol. The molecule has 7 heteroatoms. The second-order valence-electron chi connectivity index (χ2n) is 5.96. The normalized spacial score (nSPS) is 10.2. The Kier molecular flexibility index (Phi) is 7.37. The van der Waals surface area contributed by atoms with Gasteiger partial charge in [0.2, 0.25) is 11.7 Å². The van der Waals surface area contributed by atoms with Gasteiger partial charge >= 0.3 is 0 Å². The van der Waals surface area contributed by atoms with Crippen LogP contribution in [0.4, 0.5) is 5.69 Å². The van der Waals surface area contributed by atoms with Gasteiger partial charge in [0.15, 0.2) is 23.0 Å². The molecule has 0 unspecified atom stereocenters. The molecule has 0 aliphatic rings. The summed E-state index contributed by atoms with van der Waals surface area (Å²) in [5.74, 6) is 2.64. The van der Waals surface area contributed by atoms with Crippen LogP contribution in [0.25, 0.3) is 0 Å². The SMILES string of the molecule is COc1ccc(CCN(C(C)=O)c2ccc(OC)c(OC)c2OC)cc1OC. The van der Waals surface area contributed by atoms with E-state index in [1.807, 2.05) is 18.2 Å². The quantitative estimate of drug-likeness (QED) is 0.655. The highest BCUT2D eigenvalue weighted by Crippen LogP contribution is 2.44. The zero-order valence-electron chi connectivity index (χ0n) is 17.2. The summed E-state index contributed by atoms with van der Waals surface area (Å²) < 4.78 is 26.9. The molecule has 7 nitrogen and oxygen atoms in total. The van der Waals surface area contributed by atoms with Crippen LogP contribution in [0.3, 0.4) is 0 Å². The van der Waals surface area contributed by atoms with Gasteiger partial charge in [-0.05, 0) is 36.2 Å². The molecule has 0 heterocycles. The van der Waals surface area contributed by atoms with Crippen molar-refractivity contribution in [2.75, 3.05) is 47.0 Å². The molecule has 2 rings (SSSR count). The number of rotatable bonds is 9. The summed E-state index contributed by atoms with van der Waals surface area (Å²) in [6.45, 7) is 1.97. The molecule has 2 aromatic carbocycles. The van der Waals surface area contributed by atoms with Gasteiger partial charge in [0.05, 0.1) is 41.2 Å². The van der Waals surface area contributed by atoms with E-state index in [1.165, 1.54) is 21.1 Å². The monoisotopic (exact) mass is 389 g/mol. The van der Waals surface area contributed by atoms with Gasteiger partial charge in [-0.1, -0.05) is 6.07 Å². The average molecular weight is 389 g/mol. The van der Waals surface area contributed by atoms with Crippen LogP contribution in [0.15, 0.2) is 30.3 Å². The first-order valence-corrected chi connectivity index (χ1v) is 8.78. The Hall–Kier alpha value is -3.09. The third kappa shape index (κ3) is 4.42. The lowest BCUT2D eigenvalue weighted by Gasteiger charge is -2.25. The van der Waals surface area contributed by atoms with E-state index in [0.717, 1.165) is 5.56 Å². The fraction of sp³-hybridized carbons (Fsp3) is 0.381. The first kappa shape index (κ1) is 21.2. The standard InChI is InChI=1S/C21H27NO6/c1-14(23)22(12-11-15-7-9-17(24-2)19(13-15)26-4)16-8-10-18(25-3)21(28-6)20(16)27-5/h7-10,13H,11-12H2,1-6H3. The molecule has 0 saturated carbocycles. The second-order valence-corrected chi connectivity index (χ2v) is 5.96. The Morgan fingerprint density at radius 2 is 1.39 bits per heavy atom. The van der Waals surface area contributed by atoms with Gasteiger partial charge in [-0.2, -0.15) is 0 Å². The van der Waals surface area contributed by atoms with Crippen LogP contribution in [0.5, 0.6) is 28.7 Å². The van der Waals surface area contributed by atoms with E-state index in [2.05, 4.69) is 0 Å². The molecule has 0 fully saturated rings. The number of hydrogen-bond acceptors (Lipinski definition) is 6. The molecular formula is C21H27NO6. The summed E-state index contributed by atoms with van der Waals surface area (Å²) in [6, 6.07) is 9.25. The third-order valence-electron chi connectivity index (χ3n) is 4.43. The molecule has 152 valence electrons. The van der Waals surface area contributed by atoms with Crippen LogP contribution >= 0.6 is 0 Å². The van der Waals surface area contributed by atoms with E-state index in [9.17, 15) is 4.79 Å². The zero-order valence-corrected chi connectivity index (χ0v) is 17.2. The van der Waals surface area contributed by atoms with E-state index in [0.29, 0.717) is 47.4 Å². The predicted molar refractivity (Wildman–Crippen MR) is 107 cm³/mol. The molecule has 0 radical (unpaired) electrons. The summed E-state index contributed by atoms with van der Waals surface area (Å²) in [5.41, 5.74) is 1.64. The molecule has 0 saturated heterocycles. The first-order valence-electron chi connectivity index (χ1n) is 8.78. The van der Waals surface area contributed by atoms with Crippen molar-refractivity contribution in [3.63, 3.8) is 0 Å². The van der Waals surface area contributed by atoms with E-state index in [-0.39, 0.29) is 5.91 Å². The van der Waals surface area contributed by atoms with Crippen LogP contribution in [0.2, 0.25) is 0 Å². The minimum Gasteiger partial charge on any atom is -0.493 e. The maximum Gasteiger partial charge on any atom is 0.223 e. The number of carbonyl (C=O) groups is 1. The van der Waals surface area contributed by atoms with Crippen LogP contribution in [0, 0.1) is 0 Å². The van der Waals surface area contributed by atoms with E-state index < -0.39 is 0 Å². The van der Waals surface area contributed by atoms with E-state index >= 15 is 0 Å². The van der Waals surface area contributed by atoms with Gasteiger partial charge in [-0.3, -0.25) is 4.79 Å². The highest BCUT2D eigenvalue weighted by Gasteiger charge is 2.22. The molecule has 0 atom stereocenters. The van der Waals surface area contributed by atoms with Crippen molar-refractivity contribution < 1.29 is 28.5 Å². The number of methoxy groups -OCH3 is 5. The molecule has 0 aliphatic heterocycles. The van der Waals surface area contributed by atoms with Crippen LogP contribution in [0.1, 0.15) is 12.5 Å². The van der Waals surface area contributed by atoms with Crippen molar-refractivity contribution >= 4 is 11.6 Å². The highest BCUT2D eigenvalue weighted by atomic mass is 16.5. The van der Waals surface area contributed by atoms with Gasteiger partial charge in [-0.25, -0.2) is 0 Å². The fourth-order valence-electron chi connectivity index (χ4n) is 3.02. The van der Waals surface area contributed by atoms with Crippen LogP contribution in [-0.4, -0.2) is 48.0 Å². The Bertz CT molecular complexity index is 821. The van der Waals surface area contributed by atoms with Crippen molar-refractivity contribution in [1.82, 2.24) is 0 Å². The molecule has 1 amide bonds. The molecule has 0 bridgehead atoms. The number of anilines is 1. The molecule has 28 heavy (non-hydrogen) atoms. The van der Waals surface area contributed by atoms with Gasteiger partial charge in [0.1, 0.15) is 0 Å². The van der Waals surface area contributed by atoms with E-state index in [4.69, 9.17) is 23.7 Å². The highest BCUT2D eigenvalue weighted by molar-refractivity contribution is 5.94. The Labute approximate surface area is 165 Å². The summed E-state index contributed by atoms with van der Waals surface area (Å²) in [6.07, 6.45) is 0.622. The predicted octanol–water partition coefficient (Wildman–Crippen LogP) is 3.33. The van der Waals surface area contributed by atoms with Crippen molar-refractivity contribution in [3.8, 4) is 28.7 Å². The fourth-order valence-corrected chi connectivity index (χ4v) is 3.02. The number of hydrogen-bond donors (Lipinski definition) is 0. The summed E-state index contributed by atoms with van der Waals surface area (Å²) >= 11 is 0. The largest absolute Gasteiger partial charge is 0.493 e. The Morgan fingerprint density at radius 1 is 0.786 bits per heavy atom. The third-order valence-corrected chi connectivity index (χ3v) is 4.43. The second kappa shape index (κ2) is 9.73. The van der Waals surface area contributed by atoms with Crippen molar-refractivity contribution in [2.24, 2.45) is 0 Å². The summed E-state index contributed by atoms with van der Waals surface area (Å²) in [7, 11) is 7.81. The van der Waals surface area contributed by atoms with Gasteiger partial charge in [0.25, 0.3) is 0 Å². The molecule has 0 aromatic heterocycles. The lowest BCUT2D eigenvalue weighted by atomic mass is 10.1. The number of ether oxygens (including phenoxy) is 5. The number of benzene rings is 2. The number of carbonyl (C=O) groups excluding carboxylic acids is 1. The molecule has 0 N–H and O–H groups in total. The lowest BCUT2D eigenvalue weighted by Crippen LogP contribution is -2.31. The van der Waals surface area contributed by atoms with E-state index in [1.54, 1.807) is 38.4 Å². The maximum atomic E-state index is 12.4. The number of nitrogens with zero attached hydrogens (tertiary/aromatic N) is 1. The van der Waals surface area contributed by atoms with Gasteiger partial charge in [-0.15, -0.1) is 0 Å². The summed E-state index contributed by atoms with van der Waals surface area (Å²) in [4.78, 5) is 14.0. The van der Waals surface area contributed by atoms with Crippen molar-refractivity contribution in [1.29, 1.82) is 0 Å².